The third-order valence-electron chi connectivity index (χ3n) is 3.56. The van der Waals surface area contributed by atoms with Crippen LogP contribution in [0, 0.1) is 20.8 Å². The minimum atomic E-state index is 0.0621. The third-order valence-corrected chi connectivity index (χ3v) is 4.45. The van der Waals surface area contributed by atoms with Crippen molar-refractivity contribution in [3.8, 4) is 5.75 Å². The van der Waals surface area contributed by atoms with Gasteiger partial charge < -0.3 is 4.74 Å². The summed E-state index contributed by atoms with van der Waals surface area (Å²) in [6.45, 7) is 5.86. The quantitative estimate of drug-likeness (QED) is 0.778. The maximum atomic E-state index is 12.4. The molecule has 0 unspecified atom stereocenters. The van der Waals surface area contributed by atoms with E-state index < -0.39 is 0 Å². The van der Waals surface area contributed by atoms with Crippen molar-refractivity contribution < 1.29 is 9.53 Å². The molecule has 0 aliphatic heterocycles. The van der Waals surface area contributed by atoms with Gasteiger partial charge in [0.1, 0.15) is 5.75 Å². The topological polar surface area (TPSA) is 39.2 Å². The van der Waals surface area contributed by atoms with E-state index in [9.17, 15) is 4.79 Å². The van der Waals surface area contributed by atoms with Crippen molar-refractivity contribution in [3.05, 3.63) is 56.8 Å². The van der Waals surface area contributed by atoms with Crippen LogP contribution in [0.25, 0.3) is 0 Å². The smallest absolute Gasteiger partial charge is 0.168 e. The molecule has 0 amide bonds. The van der Waals surface area contributed by atoms with E-state index in [2.05, 4.69) is 20.9 Å². The monoisotopic (exact) mass is 347 g/mol. The summed E-state index contributed by atoms with van der Waals surface area (Å²) in [4.78, 5) is 16.8. The molecule has 2 rings (SSSR count). The second-order valence-corrected chi connectivity index (χ2v) is 5.96. The van der Waals surface area contributed by atoms with Crippen LogP contribution in [0.3, 0.4) is 0 Å². The molecule has 1 aromatic heterocycles. The van der Waals surface area contributed by atoms with Crippen molar-refractivity contribution in [3.63, 3.8) is 0 Å². The SMILES string of the molecule is COc1c(C)cnc(CC(=O)c2ccc(Br)c(C)c2)c1C. The van der Waals surface area contributed by atoms with Crippen molar-refractivity contribution in [1.82, 2.24) is 4.98 Å². The van der Waals surface area contributed by atoms with E-state index in [0.717, 1.165) is 32.6 Å². The van der Waals surface area contributed by atoms with Gasteiger partial charge in [0.05, 0.1) is 19.2 Å². The van der Waals surface area contributed by atoms with Crippen LogP contribution in [0.1, 0.15) is 32.7 Å². The number of pyridine rings is 1. The van der Waals surface area contributed by atoms with Gasteiger partial charge in [-0.2, -0.15) is 0 Å². The molecular formula is C17H18BrNO2. The summed E-state index contributed by atoms with van der Waals surface area (Å²) in [6.07, 6.45) is 2.03. The van der Waals surface area contributed by atoms with Crippen LogP contribution >= 0.6 is 15.9 Å². The Balaban J connectivity index is 2.29. The number of hydrogen-bond acceptors (Lipinski definition) is 3. The lowest BCUT2D eigenvalue weighted by molar-refractivity contribution is 0.0991. The summed E-state index contributed by atoms with van der Waals surface area (Å²) in [5.41, 5.74) is 4.43. The van der Waals surface area contributed by atoms with Gasteiger partial charge in [-0.25, -0.2) is 0 Å². The van der Waals surface area contributed by atoms with E-state index in [-0.39, 0.29) is 12.2 Å². The summed E-state index contributed by atoms with van der Waals surface area (Å²) in [6, 6.07) is 5.63. The minimum Gasteiger partial charge on any atom is -0.496 e. The zero-order valence-electron chi connectivity index (χ0n) is 12.7. The highest BCUT2D eigenvalue weighted by Crippen LogP contribution is 2.25. The molecule has 1 aromatic carbocycles. The van der Waals surface area contributed by atoms with Crippen molar-refractivity contribution in [2.75, 3.05) is 7.11 Å². The van der Waals surface area contributed by atoms with Crippen LogP contribution in [-0.2, 0) is 6.42 Å². The summed E-state index contributed by atoms with van der Waals surface area (Å²) in [5, 5.41) is 0. The Bertz CT molecular complexity index is 695. The van der Waals surface area contributed by atoms with Crippen LogP contribution in [0.5, 0.6) is 5.75 Å². The number of nitrogens with zero attached hydrogens (tertiary/aromatic N) is 1. The molecular weight excluding hydrogens is 330 g/mol. The van der Waals surface area contributed by atoms with Crippen LogP contribution in [0.2, 0.25) is 0 Å². The lowest BCUT2D eigenvalue weighted by atomic mass is 10.0. The van der Waals surface area contributed by atoms with Crippen molar-refractivity contribution in [2.24, 2.45) is 0 Å². The summed E-state index contributed by atoms with van der Waals surface area (Å²) < 4.78 is 6.39. The molecule has 0 bridgehead atoms. The lowest BCUT2D eigenvalue weighted by Crippen LogP contribution is -2.08. The number of aryl methyl sites for hydroxylation is 2. The highest BCUT2D eigenvalue weighted by Gasteiger charge is 2.14. The fourth-order valence-corrected chi connectivity index (χ4v) is 2.57. The Labute approximate surface area is 133 Å². The lowest BCUT2D eigenvalue weighted by Gasteiger charge is -2.12. The van der Waals surface area contributed by atoms with Gasteiger partial charge in [0.15, 0.2) is 5.78 Å². The number of halogens is 1. The molecule has 0 saturated carbocycles. The Kier molecular flexibility index (Phi) is 4.78. The molecule has 1 heterocycles. The van der Waals surface area contributed by atoms with Gasteiger partial charge in [-0.15, -0.1) is 0 Å². The molecule has 0 saturated heterocycles. The number of methoxy groups -OCH3 is 1. The number of carbonyl (C=O) groups excluding carboxylic acids is 1. The van der Waals surface area contributed by atoms with Gasteiger partial charge in [-0.3, -0.25) is 9.78 Å². The number of ether oxygens (including phenoxy) is 1. The highest BCUT2D eigenvalue weighted by molar-refractivity contribution is 9.10. The Morgan fingerprint density at radius 3 is 2.57 bits per heavy atom. The first kappa shape index (κ1) is 15.7. The van der Waals surface area contributed by atoms with Crippen LogP contribution in [0.4, 0.5) is 0 Å². The minimum absolute atomic E-state index is 0.0621. The number of hydrogen-bond donors (Lipinski definition) is 0. The standard InChI is InChI=1S/C17H18BrNO2/c1-10-7-13(5-6-14(10)18)16(20)8-15-12(3)17(21-4)11(2)9-19-15/h5-7,9H,8H2,1-4H3. The van der Waals surface area contributed by atoms with Crippen molar-refractivity contribution in [1.29, 1.82) is 0 Å². The van der Waals surface area contributed by atoms with E-state index >= 15 is 0 Å². The second kappa shape index (κ2) is 6.39. The average Bonchev–Trinajstić information content (AvgIpc) is 2.45. The van der Waals surface area contributed by atoms with Gasteiger partial charge in [0, 0.05) is 27.4 Å². The van der Waals surface area contributed by atoms with E-state index in [1.807, 2.05) is 39.0 Å². The largest absolute Gasteiger partial charge is 0.496 e. The molecule has 2 aromatic rings. The number of carbonyl (C=O) groups is 1. The first-order valence-corrected chi connectivity index (χ1v) is 7.51. The van der Waals surface area contributed by atoms with Gasteiger partial charge in [0.2, 0.25) is 0 Å². The summed E-state index contributed by atoms with van der Waals surface area (Å²) in [7, 11) is 1.64. The Hall–Kier alpha value is -1.68. The van der Waals surface area contributed by atoms with Crippen LogP contribution in [-0.4, -0.2) is 17.9 Å². The van der Waals surface area contributed by atoms with Gasteiger partial charge in [0.25, 0.3) is 0 Å². The molecule has 4 heteroatoms. The molecule has 0 aliphatic carbocycles. The van der Waals surface area contributed by atoms with Crippen molar-refractivity contribution >= 4 is 21.7 Å². The average molecular weight is 348 g/mol. The number of aromatic nitrogens is 1. The maximum absolute atomic E-state index is 12.4. The molecule has 0 spiro atoms. The maximum Gasteiger partial charge on any atom is 0.168 e. The first-order chi connectivity index (χ1) is 9.93. The number of Topliss-reactive ketones (excluding diaryl/α,β-unsaturated/α-hetero) is 1. The molecule has 21 heavy (non-hydrogen) atoms. The second-order valence-electron chi connectivity index (χ2n) is 5.11. The molecule has 0 aliphatic rings. The fraction of sp³-hybridized carbons (Fsp3) is 0.294. The van der Waals surface area contributed by atoms with Gasteiger partial charge in [-0.1, -0.05) is 22.0 Å². The van der Waals surface area contributed by atoms with E-state index in [4.69, 9.17) is 4.74 Å². The van der Waals surface area contributed by atoms with Gasteiger partial charge in [-0.05, 0) is 38.5 Å². The normalized spacial score (nSPS) is 10.5. The number of rotatable bonds is 4. The fourth-order valence-electron chi connectivity index (χ4n) is 2.32. The first-order valence-electron chi connectivity index (χ1n) is 6.72. The Morgan fingerprint density at radius 1 is 1.24 bits per heavy atom. The molecule has 0 N–H and O–H groups in total. The molecule has 110 valence electrons. The highest BCUT2D eigenvalue weighted by atomic mass is 79.9. The number of ketones is 1. The molecule has 0 atom stereocenters. The molecule has 3 nitrogen and oxygen atoms in total. The summed E-state index contributed by atoms with van der Waals surface area (Å²) in [5.74, 6) is 0.867. The molecule has 0 radical (unpaired) electrons. The zero-order chi connectivity index (χ0) is 15.6. The van der Waals surface area contributed by atoms with E-state index in [1.165, 1.54) is 0 Å². The summed E-state index contributed by atoms with van der Waals surface area (Å²) >= 11 is 3.44. The van der Waals surface area contributed by atoms with E-state index in [1.54, 1.807) is 13.3 Å². The third kappa shape index (κ3) is 3.32. The Morgan fingerprint density at radius 2 is 1.95 bits per heavy atom. The van der Waals surface area contributed by atoms with Crippen molar-refractivity contribution in [2.45, 2.75) is 27.2 Å². The van der Waals surface area contributed by atoms with Crippen LogP contribution < -0.4 is 4.74 Å². The zero-order valence-corrected chi connectivity index (χ0v) is 14.2. The molecule has 0 fully saturated rings. The number of benzene rings is 1. The predicted octanol–water partition coefficient (Wildman–Crippen LogP) is 4.20. The predicted molar refractivity (Wildman–Crippen MR) is 87.2 cm³/mol. The van der Waals surface area contributed by atoms with Crippen LogP contribution in [0.15, 0.2) is 28.9 Å². The van der Waals surface area contributed by atoms with E-state index in [0.29, 0.717) is 5.56 Å². The van der Waals surface area contributed by atoms with Gasteiger partial charge >= 0.3 is 0 Å².